The minimum Gasteiger partial charge on any atom is -0.454 e. The van der Waals surface area contributed by atoms with Crippen LogP contribution in [-0.4, -0.2) is 33.6 Å². The Morgan fingerprint density at radius 1 is 1.16 bits per heavy atom. The number of benzene rings is 2. The maximum absolute atomic E-state index is 12.8. The predicted molar refractivity (Wildman–Crippen MR) is 115 cm³/mol. The molecule has 2 aliphatic heterocycles. The van der Waals surface area contributed by atoms with Crippen molar-refractivity contribution in [1.29, 1.82) is 0 Å². The van der Waals surface area contributed by atoms with Gasteiger partial charge in [-0.1, -0.05) is 36.9 Å². The maximum Gasteiger partial charge on any atom is 0.247 e. The second kappa shape index (κ2) is 8.07. The van der Waals surface area contributed by atoms with Crippen molar-refractivity contribution in [2.45, 2.75) is 31.7 Å². The van der Waals surface area contributed by atoms with Crippen LogP contribution in [0, 0.1) is 0 Å². The Kier molecular flexibility index (Phi) is 5.11. The highest BCUT2D eigenvalue weighted by molar-refractivity contribution is 7.99. The summed E-state index contributed by atoms with van der Waals surface area (Å²) in [5.74, 6) is 2.32. The average molecular weight is 436 g/mol. The van der Waals surface area contributed by atoms with Crippen molar-refractivity contribution in [3.63, 3.8) is 0 Å². The van der Waals surface area contributed by atoms with Gasteiger partial charge in [0.1, 0.15) is 0 Å². The number of rotatable bonds is 4. The zero-order valence-electron chi connectivity index (χ0n) is 17.1. The number of nitrogens with zero attached hydrogens (tertiary/aromatic N) is 4. The molecule has 1 aromatic heterocycles. The zero-order valence-corrected chi connectivity index (χ0v) is 17.9. The molecule has 9 heteroatoms. The summed E-state index contributed by atoms with van der Waals surface area (Å²) in [7, 11) is 0. The number of anilines is 1. The molecule has 0 saturated carbocycles. The molecule has 158 valence electrons. The first kappa shape index (κ1) is 19.6. The van der Waals surface area contributed by atoms with Crippen molar-refractivity contribution < 1.29 is 19.0 Å². The summed E-state index contributed by atoms with van der Waals surface area (Å²) < 4.78 is 17.3. The van der Waals surface area contributed by atoms with E-state index in [-0.39, 0.29) is 12.7 Å². The van der Waals surface area contributed by atoms with E-state index in [9.17, 15) is 4.79 Å². The lowest BCUT2D eigenvalue weighted by Gasteiger charge is -2.29. The Bertz CT molecular complexity index is 1160. The van der Waals surface area contributed by atoms with Crippen molar-refractivity contribution >= 4 is 23.4 Å². The van der Waals surface area contributed by atoms with Crippen LogP contribution in [0.25, 0.3) is 11.3 Å². The molecule has 0 fully saturated rings. The monoisotopic (exact) mass is 436 g/mol. The van der Waals surface area contributed by atoms with Crippen molar-refractivity contribution in [3.05, 3.63) is 48.0 Å². The van der Waals surface area contributed by atoms with E-state index in [1.807, 2.05) is 42.5 Å². The van der Waals surface area contributed by atoms with Crippen LogP contribution >= 0.6 is 11.8 Å². The molecule has 0 aliphatic carbocycles. The van der Waals surface area contributed by atoms with E-state index in [1.54, 1.807) is 4.90 Å². The third-order valence-electron chi connectivity index (χ3n) is 4.97. The van der Waals surface area contributed by atoms with E-state index < -0.39 is 6.23 Å². The second-order valence-electron chi connectivity index (χ2n) is 7.09. The first-order chi connectivity index (χ1) is 15.2. The van der Waals surface area contributed by atoms with Gasteiger partial charge in [0.25, 0.3) is 0 Å². The SMILES string of the molecule is CCCSc1nnc2c(n1)O[C@H](c1ccc3c(c1)OCO3)N(C(C)=O)c1ccccc1-2. The Morgan fingerprint density at radius 2 is 2.00 bits per heavy atom. The fourth-order valence-electron chi connectivity index (χ4n) is 3.59. The minimum absolute atomic E-state index is 0.168. The molecule has 31 heavy (non-hydrogen) atoms. The molecule has 2 aliphatic rings. The normalized spacial score (nSPS) is 16.2. The number of thioether (sulfide) groups is 1. The second-order valence-corrected chi connectivity index (χ2v) is 8.15. The van der Waals surface area contributed by atoms with Crippen LogP contribution in [-0.2, 0) is 4.79 Å². The average Bonchev–Trinajstić information content (AvgIpc) is 3.19. The van der Waals surface area contributed by atoms with Gasteiger partial charge in [0.15, 0.2) is 17.2 Å². The van der Waals surface area contributed by atoms with Crippen LogP contribution in [0.3, 0.4) is 0 Å². The predicted octanol–water partition coefficient (Wildman–Crippen LogP) is 4.21. The van der Waals surface area contributed by atoms with E-state index in [0.717, 1.165) is 23.3 Å². The van der Waals surface area contributed by atoms with E-state index in [2.05, 4.69) is 22.1 Å². The number of para-hydroxylation sites is 1. The smallest absolute Gasteiger partial charge is 0.247 e. The largest absolute Gasteiger partial charge is 0.454 e. The number of aromatic nitrogens is 3. The van der Waals surface area contributed by atoms with Gasteiger partial charge in [-0.25, -0.2) is 0 Å². The van der Waals surface area contributed by atoms with Crippen molar-refractivity contribution in [1.82, 2.24) is 15.2 Å². The lowest BCUT2D eigenvalue weighted by Crippen LogP contribution is -2.36. The molecule has 5 rings (SSSR count). The summed E-state index contributed by atoms with van der Waals surface area (Å²) in [4.78, 5) is 19.1. The highest BCUT2D eigenvalue weighted by Gasteiger charge is 2.35. The van der Waals surface area contributed by atoms with Crippen LogP contribution in [0.1, 0.15) is 32.1 Å². The van der Waals surface area contributed by atoms with E-state index in [4.69, 9.17) is 14.2 Å². The van der Waals surface area contributed by atoms with Crippen LogP contribution in [0.15, 0.2) is 47.6 Å². The molecule has 2 aromatic carbocycles. The summed E-state index contributed by atoms with van der Waals surface area (Å²) in [6.45, 7) is 3.77. The molecule has 3 aromatic rings. The van der Waals surface area contributed by atoms with Crippen LogP contribution in [0.5, 0.6) is 17.4 Å². The molecule has 0 unspecified atom stereocenters. The van der Waals surface area contributed by atoms with Gasteiger partial charge in [-0.2, -0.15) is 4.98 Å². The summed E-state index contributed by atoms with van der Waals surface area (Å²) in [6.07, 6.45) is 0.238. The summed E-state index contributed by atoms with van der Waals surface area (Å²) in [5.41, 5.74) is 2.67. The number of carbonyl (C=O) groups excluding carboxylic acids is 1. The molecule has 0 radical (unpaired) electrons. The van der Waals surface area contributed by atoms with Gasteiger partial charge in [-0.3, -0.25) is 9.69 Å². The number of hydrogen-bond donors (Lipinski definition) is 0. The Hall–Kier alpha value is -3.33. The fourth-order valence-corrected chi connectivity index (χ4v) is 4.22. The van der Waals surface area contributed by atoms with Crippen molar-refractivity contribution in [2.75, 3.05) is 17.4 Å². The van der Waals surface area contributed by atoms with Gasteiger partial charge in [0.2, 0.25) is 30.0 Å². The number of hydrogen-bond acceptors (Lipinski definition) is 8. The summed E-state index contributed by atoms with van der Waals surface area (Å²) in [6, 6.07) is 13.0. The molecule has 1 atom stereocenters. The van der Waals surface area contributed by atoms with E-state index in [1.165, 1.54) is 18.7 Å². The standard InChI is InChI=1S/C22H20N4O4S/c1-3-10-31-22-23-20-19(24-25-22)15-6-4-5-7-16(15)26(13(2)27)21(30-20)14-8-9-17-18(11-14)29-12-28-17/h4-9,11,21H,3,10,12H2,1-2H3/t21-/m1/s1. The Labute approximate surface area is 183 Å². The van der Waals surface area contributed by atoms with Crippen molar-refractivity contribution in [2.24, 2.45) is 0 Å². The van der Waals surface area contributed by atoms with Crippen molar-refractivity contribution in [3.8, 4) is 28.6 Å². The van der Waals surface area contributed by atoms with Crippen LogP contribution in [0.2, 0.25) is 0 Å². The van der Waals surface area contributed by atoms with E-state index >= 15 is 0 Å². The van der Waals surface area contributed by atoms with Gasteiger partial charge in [-0.15, -0.1) is 10.2 Å². The first-order valence-electron chi connectivity index (χ1n) is 9.98. The number of fused-ring (bicyclic) bond motifs is 4. The number of ether oxygens (including phenoxy) is 3. The zero-order chi connectivity index (χ0) is 21.4. The molecule has 1 amide bonds. The van der Waals surface area contributed by atoms with Crippen LogP contribution in [0.4, 0.5) is 5.69 Å². The number of carbonyl (C=O) groups is 1. The molecular formula is C22H20N4O4S. The quantitative estimate of drug-likeness (QED) is 0.562. The first-order valence-corrected chi connectivity index (χ1v) is 11.0. The van der Waals surface area contributed by atoms with Gasteiger partial charge in [-0.05, 0) is 30.7 Å². The van der Waals surface area contributed by atoms with E-state index in [0.29, 0.717) is 33.9 Å². The highest BCUT2D eigenvalue weighted by Crippen LogP contribution is 2.44. The summed E-state index contributed by atoms with van der Waals surface area (Å²) >= 11 is 1.52. The Morgan fingerprint density at radius 3 is 2.84 bits per heavy atom. The van der Waals surface area contributed by atoms with Gasteiger partial charge >= 0.3 is 0 Å². The summed E-state index contributed by atoms with van der Waals surface area (Å²) in [5, 5.41) is 9.22. The Balaban J connectivity index is 1.67. The minimum atomic E-state index is -0.755. The molecule has 0 spiro atoms. The molecule has 0 N–H and O–H groups in total. The van der Waals surface area contributed by atoms with Gasteiger partial charge in [0.05, 0.1) is 5.69 Å². The van der Waals surface area contributed by atoms with Crippen LogP contribution < -0.4 is 19.1 Å². The molecular weight excluding hydrogens is 416 g/mol. The fraction of sp³-hybridized carbons (Fsp3) is 0.273. The molecule has 0 saturated heterocycles. The molecule has 8 nitrogen and oxygen atoms in total. The molecule has 3 heterocycles. The molecule has 0 bridgehead atoms. The van der Waals surface area contributed by atoms with Gasteiger partial charge in [0, 0.05) is 23.8 Å². The third-order valence-corrected chi connectivity index (χ3v) is 6.01. The van der Waals surface area contributed by atoms with Gasteiger partial charge < -0.3 is 14.2 Å². The lowest BCUT2D eigenvalue weighted by atomic mass is 10.1. The lowest BCUT2D eigenvalue weighted by molar-refractivity contribution is -0.118. The highest BCUT2D eigenvalue weighted by atomic mass is 32.2. The maximum atomic E-state index is 12.8. The third kappa shape index (κ3) is 3.54. The topological polar surface area (TPSA) is 86.7 Å². The number of amides is 1.